The number of rotatable bonds is 8. The summed E-state index contributed by atoms with van der Waals surface area (Å²) >= 11 is 3.46. The zero-order valence-corrected chi connectivity index (χ0v) is 17.8. The summed E-state index contributed by atoms with van der Waals surface area (Å²) in [5, 5.41) is 8.41. The van der Waals surface area contributed by atoms with Crippen molar-refractivity contribution in [2.45, 2.75) is 19.5 Å². The van der Waals surface area contributed by atoms with Gasteiger partial charge < -0.3 is 4.42 Å². The second-order valence-corrected chi connectivity index (χ2v) is 7.84. The highest BCUT2D eigenvalue weighted by Crippen LogP contribution is 2.22. The third kappa shape index (κ3) is 5.58. The molecule has 0 spiro atoms. The van der Waals surface area contributed by atoms with Crippen LogP contribution in [0.1, 0.15) is 17.1 Å². The monoisotopic (exact) mass is 466 g/mol. The van der Waals surface area contributed by atoms with Gasteiger partial charge in [-0.25, -0.2) is 4.39 Å². The number of halogens is 2. The lowest BCUT2D eigenvalue weighted by Crippen LogP contribution is -2.25. The Morgan fingerprint density at radius 1 is 0.933 bits per heavy atom. The number of hydrogen-bond acceptors (Lipinski definition) is 5. The van der Waals surface area contributed by atoms with Gasteiger partial charge in [0.1, 0.15) is 5.82 Å². The first-order chi connectivity index (χ1) is 14.7. The maximum absolute atomic E-state index is 13.3. The van der Waals surface area contributed by atoms with Crippen LogP contribution in [0.15, 0.2) is 81.8 Å². The molecular formula is C23H20BrFN4O. The number of pyridine rings is 1. The molecule has 0 saturated carbocycles. The normalized spacial score (nSPS) is 11.2. The van der Waals surface area contributed by atoms with E-state index in [1.807, 2.05) is 42.5 Å². The van der Waals surface area contributed by atoms with Crippen LogP contribution in [0.4, 0.5) is 4.39 Å². The molecule has 30 heavy (non-hydrogen) atoms. The summed E-state index contributed by atoms with van der Waals surface area (Å²) in [6, 6.07) is 20.2. The topological polar surface area (TPSA) is 55.1 Å². The molecule has 4 rings (SSSR count). The first-order valence-electron chi connectivity index (χ1n) is 9.61. The molecule has 4 aromatic rings. The lowest BCUT2D eigenvalue weighted by Gasteiger charge is -2.20. The van der Waals surface area contributed by atoms with Crippen molar-refractivity contribution < 1.29 is 8.81 Å². The summed E-state index contributed by atoms with van der Waals surface area (Å²) in [4.78, 5) is 6.59. The lowest BCUT2D eigenvalue weighted by atomic mass is 10.2. The third-order valence-corrected chi connectivity index (χ3v) is 5.12. The van der Waals surface area contributed by atoms with E-state index in [0.29, 0.717) is 24.9 Å². The number of nitrogens with zero attached hydrogens (tertiary/aromatic N) is 4. The van der Waals surface area contributed by atoms with Gasteiger partial charge >= 0.3 is 0 Å². The van der Waals surface area contributed by atoms with E-state index in [0.717, 1.165) is 34.3 Å². The maximum Gasteiger partial charge on any atom is 0.247 e. The second-order valence-electron chi connectivity index (χ2n) is 6.92. The van der Waals surface area contributed by atoms with Crippen molar-refractivity contribution in [2.75, 3.05) is 6.54 Å². The minimum Gasteiger partial charge on any atom is -0.419 e. The fraction of sp³-hybridized carbons (Fsp3) is 0.174. The highest BCUT2D eigenvalue weighted by Gasteiger charge is 2.14. The van der Waals surface area contributed by atoms with E-state index in [1.54, 1.807) is 18.3 Å². The zero-order chi connectivity index (χ0) is 20.8. The molecule has 0 bridgehead atoms. The predicted octanol–water partition coefficient (Wildman–Crippen LogP) is 5.28. The van der Waals surface area contributed by atoms with Crippen LogP contribution in [0.2, 0.25) is 0 Å². The molecule has 0 radical (unpaired) electrons. The van der Waals surface area contributed by atoms with Gasteiger partial charge in [0.05, 0.1) is 6.54 Å². The van der Waals surface area contributed by atoms with Gasteiger partial charge in [-0.05, 0) is 48.0 Å². The molecule has 0 amide bonds. The Balaban J connectivity index is 1.49. The van der Waals surface area contributed by atoms with Gasteiger partial charge in [-0.2, -0.15) is 0 Å². The SMILES string of the molecule is Fc1ccc(CN(CCc2ccccn2)Cc2nnc(-c3cccc(Br)c3)o2)cc1. The fourth-order valence-corrected chi connectivity index (χ4v) is 3.53. The highest BCUT2D eigenvalue weighted by molar-refractivity contribution is 9.10. The number of aromatic nitrogens is 3. The third-order valence-electron chi connectivity index (χ3n) is 4.63. The summed E-state index contributed by atoms with van der Waals surface area (Å²) in [6.45, 7) is 1.88. The standard InChI is InChI=1S/C23H20BrFN4O/c24-19-5-3-4-18(14-19)23-28-27-22(30-23)16-29(13-11-21-6-1-2-12-26-21)15-17-7-9-20(25)10-8-17/h1-10,12,14H,11,13,15-16H2. The van der Waals surface area contributed by atoms with Gasteiger partial charge in [0.15, 0.2) is 0 Å². The maximum atomic E-state index is 13.3. The molecule has 0 fully saturated rings. The molecule has 0 aliphatic rings. The molecule has 2 aromatic carbocycles. The van der Waals surface area contributed by atoms with Crippen LogP contribution in [-0.4, -0.2) is 26.6 Å². The summed E-state index contributed by atoms with van der Waals surface area (Å²) in [7, 11) is 0. The fourth-order valence-electron chi connectivity index (χ4n) is 3.13. The minimum absolute atomic E-state index is 0.241. The lowest BCUT2D eigenvalue weighted by molar-refractivity contribution is 0.233. The Morgan fingerprint density at radius 3 is 2.57 bits per heavy atom. The minimum atomic E-state index is -0.241. The quantitative estimate of drug-likeness (QED) is 0.353. The van der Waals surface area contributed by atoms with Gasteiger partial charge in [-0.15, -0.1) is 10.2 Å². The first kappa shape index (κ1) is 20.4. The van der Waals surface area contributed by atoms with Crippen molar-refractivity contribution in [3.05, 3.63) is 100 Å². The van der Waals surface area contributed by atoms with Crippen LogP contribution in [0.5, 0.6) is 0 Å². The van der Waals surface area contributed by atoms with Gasteiger partial charge in [-0.1, -0.05) is 40.2 Å². The summed E-state index contributed by atoms with van der Waals surface area (Å²) in [5.74, 6) is 0.778. The second kappa shape index (κ2) is 9.73. The first-order valence-corrected chi connectivity index (χ1v) is 10.4. The van der Waals surface area contributed by atoms with E-state index in [-0.39, 0.29) is 5.82 Å². The van der Waals surface area contributed by atoms with Crippen molar-refractivity contribution in [3.63, 3.8) is 0 Å². The van der Waals surface area contributed by atoms with Crippen molar-refractivity contribution >= 4 is 15.9 Å². The van der Waals surface area contributed by atoms with E-state index in [1.165, 1.54) is 12.1 Å². The highest BCUT2D eigenvalue weighted by atomic mass is 79.9. The van der Waals surface area contributed by atoms with E-state index in [4.69, 9.17) is 4.42 Å². The van der Waals surface area contributed by atoms with Crippen molar-refractivity contribution in [1.82, 2.24) is 20.1 Å². The predicted molar refractivity (Wildman–Crippen MR) is 116 cm³/mol. The van der Waals surface area contributed by atoms with E-state index in [2.05, 4.69) is 36.0 Å². The Kier molecular flexibility index (Phi) is 6.61. The Morgan fingerprint density at radius 2 is 1.80 bits per heavy atom. The van der Waals surface area contributed by atoms with Crippen molar-refractivity contribution in [1.29, 1.82) is 0 Å². The van der Waals surface area contributed by atoms with Gasteiger partial charge in [-0.3, -0.25) is 9.88 Å². The van der Waals surface area contributed by atoms with Gasteiger partial charge in [0.2, 0.25) is 11.8 Å². The molecule has 0 aliphatic carbocycles. The summed E-state index contributed by atoms with van der Waals surface area (Å²) in [6.07, 6.45) is 2.58. The molecule has 2 heterocycles. The van der Waals surface area contributed by atoms with Crippen LogP contribution >= 0.6 is 15.9 Å². The molecule has 0 atom stereocenters. The van der Waals surface area contributed by atoms with Gasteiger partial charge in [0, 0.05) is 41.4 Å². The van der Waals surface area contributed by atoms with E-state index >= 15 is 0 Å². The van der Waals surface area contributed by atoms with Crippen LogP contribution in [-0.2, 0) is 19.5 Å². The van der Waals surface area contributed by atoms with Crippen LogP contribution in [0.3, 0.4) is 0 Å². The van der Waals surface area contributed by atoms with E-state index in [9.17, 15) is 4.39 Å². The largest absolute Gasteiger partial charge is 0.419 e. The molecule has 152 valence electrons. The molecule has 0 aliphatic heterocycles. The number of hydrogen-bond donors (Lipinski definition) is 0. The summed E-state index contributed by atoms with van der Waals surface area (Å²) in [5.41, 5.74) is 2.90. The van der Waals surface area contributed by atoms with Gasteiger partial charge in [0.25, 0.3) is 0 Å². The summed E-state index contributed by atoms with van der Waals surface area (Å²) < 4.78 is 20.1. The van der Waals surface area contributed by atoms with Crippen LogP contribution in [0, 0.1) is 5.82 Å². The molecule has 0 N–H and O–H groups in total. The molecule has 2 aromatic heterocycles. The van der Waals surface area contributed by atoms with E-state index < -0.39 is 0 Å². The zero-order valence-electron chi connectivity index (χ0n) is 16.2. The van der Waals surface area contributed by atoms with Crippen LogP contribution < -0.4 is 0 Å². The molecule has 0 unspecified atom stereocenters. The Bertz CT molecular complexity index is 1090. The Labute approximate surface area is 182 Å². The Hall–Kier alpha value is -2.90. The smallest absolute Gasteiger partial charge is 0.247 e. The average Bonchev–Trinajstić information content (AvgIpc) is 3.23. The number of benzene rings is 2. The molecule has 7 heteroatoms. The molecule has 5 nitrogen and oxygen atoms in total. The molecule has 0 saturated heterocycles. The van der Waals surface area contributed by atoms with Crippen molar-refractivity contribution in [3.8, 4) is 11.5 Å². The molecular weight excluding hydrogens is 447 g/mol. The van der Waals surface area contributed by atoms with Crippen LogP contribution in [0.25, 0.3) is 11.5 Å². The van der Waals surface area contributed by atoms with Crippen molar-refractivity contribution in [2.24, 2.45) is 0 Å². The average molecular weight is 467 g/mol.